The highest BCUT2D eigenvalue weighted by atomic mass is 19.3. The number of halogens is 2. The Kier molecular flexibility index (Phi) is 4.66. The lowest BCUT2D eigenvalue weighted by Gasteiger charge is -2.27. The summed E-state index contributed by atoms with van der Waals surface area (Å²) in [6.07, 6.45) is -1.52. The van der Waals surface area contributed by atoms with E-state index in [1.54, 1.807) is 19.1 Å². The maximum absolute atomic E-state index is 12.8. The minimum absolute atomic E-state index is 0.174. The molecule has 100 valence electrons. The van der Waals surface area contributed by atoms with E-state index in [0.717, 1.165) is 44.7 Å². The predicted octanol–water partition coefficient (Wildman–Crippen LogP) is 2.38. The minimum atomic E-state index is -2.37. The van der Waals surface area contributed by atoms with Gasteiger partial charge in [0.1, 0.15) is 0 Å². The van der Waals surface area contributed by atoms with Crippen molar-refractivity contribution >= 4 is 0 Å². The van der Waals surface area contributed by atoms with Crippen molar-refractivity contribution in [1.82, 2.24) is 10.2 Å². The summed E-state index contributed by atoms with van der Waals surface area (Å²) in [6.45, 7) is 6.84. The summed E-state index contributed by atoms with van der Waals surface area (Å²) in [5.74, 6) is 0. The molecule has 4 heteroatoms. The Morgan fingerprint density at radius 1 is 1.28 bits per heavy atom. The fraction of sp³-hybridized carbons (Fsp3) is 0.571. The van der Waals surface area contributed by atoms with E-state index in [9.17, 15) is 8.78 Å². The highest BCUT2D eigenvalue weighted by Gasteiger charge is 2.12. The third-order valence-corrected chi connectivity index (χ3v) is 3.51. The first kappa shape index (κ1) is 13.4. The molecule has 18 heavy (non-hydrogen) atoms. The molecule has 0 radical (unpaired) electrons. The molecule has 1 aliphatic rings. The molecule has 1 fully saturated rings. The quantitative estimate of drug-likeness (QED) is 0.887. The number of alkyl halides is 2. The van der Waals surface area contributed by atoms with Gasteiger partial charge in [-0.2, -0.15) is 0 Å². The van der Waals surface area contributed by atoms with Gasteiger partial charge in [-0.1, -0.05) is 12.1 Å². The van der Waals surface area contributed by atoms with Crippen molar-refractivity contribution in [3.05, 3.63) is 34.9 Å². The molecule has 2 nitrogen and oxygen atoms in total. The van der Waals surface area contributed by atoms with Gasteiger partial charge in [-0.05, 0) is 30.5 Å². The Bertz CT molecular complexity index is 387. The van der Waals surface area contributed by atoms with Crippen LogP contribution < -0.4 is 5.32 Å². The van der Waals surface area contributed by atoms with Gasteiger partial charge in [-0.15, -0.1) is 0 Å². The van der Waals surface area contributed by atoms with E-state index >= 15 is 0 Å². The number of hydrogen-bond donors (Lipinski definition) is 1. The predicted molar refractivity (Wildman–Crippen MR) is 69.1 cm³/mol. The van der Waals surface area contributed by atoms with E-state index in [0.29, 0.717) is 5.56 Å². The third kappa shape index (κ3) is 3.50. The van der Waals surface area contributed by atoms with Crippen LogP contribution in [0.15, 0.2) is 18.2 Å². The molecular formula is C14H20F2N2. The molecule has 0 unspecified atom stereocenters. The van der Waals surface area contributed by atoms with Crippen LogP contribution in [0.2, 0.25) is 0 Å². The Morgan fingerprint density at radius 3 is 2.67 bits per heavy atom. The van der Waals surface area contributed by atoms with Gasteiger partial charge in [0.05, 0.1) is 0 Å². The molecule has 0 bridgehead atoms. The van der Waals surface area contributed by atoms with Crippen molar-refractivity contribution in [2.45, 2.75) is 19.8 Å². The Hall–Kier alpha value is -1.00. The highest BCUT2D eigenvalue weighted by Crippen LogP contribution is 2.23. The second-order valence-electron chi connectivity index (χ2n) is 4.83. The first-order valence-corrected chi connectivity index (χ1v) is 6.47. The fourth-order valence-corrected chi connectivity index (χ4v) is 2.30. The van der Waals surface area contributed by atoms with Crippen LogP contribution in [-0.4, -0.2) is 37.6 Å². The SMILES string of the molecule is Cc1ccc(CCN2CCNCC2)cc1C(F)F. The van der Waals surface area contributed by atoms with Crippen LogP contribution in [-0.2, 0) is 6.42 Å². The molecule has 0 aromatic heterocycles. The summed E-state index contributed by atoms with van der Waals surface area (Å²) in [7, 11) is 0. The van der Waals surface area contributed by atoms with Crippen molar-refractivity contribution in [2.24, 2.45) is 0 Å². The van der Waals surface area contributed by atoms with E-state index in [1.165, 1.54) is 0 Å². The highest BCUT2D eigenvalue weighted by molar-refractivity contribution is 5.32. The number of rotatable bonds is 4. The average Bonchev–Trinajstić information content (AvgIpc) is 2.38. The van der Waals surface area contributed by atoms with E-state index in [-0.39, 0.29) is 5.56 Å². The van der Waals surface area contributed by atoms with Crippen molar-refractivity contribution in [2.75, 3.05) is 32.7 Å². The van der Waals surface area contributed by atoms with Gasteiger partial charge in [0.2, 0.25) is 0 Å². The van der Waals surface area contributed by atoms with Crippen LogP contribution in [0.1, 0.15) is 23.1 Å². The average molecular weight is 254 g/mol. The van der Waals surface area contributed by atoms with E-state index in [4.69, 9.17) is 0 Å². The number of piperazine rings is 1. The fourth-order valence-electron chi connectivity index (χ4n) is 2.30. The molecule has 1 heterocycles. The Morgan fingerprint density at radius 2 is 2.00 bits per heavy atom. The van der Waals surface area contributed by atoms with E-state index in [1.807, 2.05) is 6.07 Å². The van der Waals surface area contributed by atoms with Crippen LogP contribution >= 0.6 is 0 Å². The summed E-state index contributed by atoms with van der Waals surface area (Å²) in [5, 5.41) is 3.30. The maximum atomic E-state index is 12.8. The maximum Gasteiger partial charge on any atom is 0.264 e. The number of nitrogens with zero attached hydrogens (tertiary/aromatic N) is 1. The standard InChI is InChI=1S/C14H20F2N2/c1-11-2-3-12(10-13(11)14(15)16)4-7-18-8-5-17-6-9-18/h2-3,10,14,17H,4-9H2,1H3. The van der Waals surface area contributed by atoms with Gasteiger partial charge in [0.25, 0.3) is 6.43 Å². The van der Waals surface area contributed by atoms with Gasteiger partial charge in [0, 0.05) is 38.3 Å². The molecule has 1 aromatic rings. The molecule has 0 atom stereocenters. The molecule has 1 aromatic carbocycles. The number of nitrogens with one attached hydrogen (secondary N) is 1. The van der Waals surface area contributed by atoms with Gasteiger partial charge < -0.3 is 10.2 Å². The van der Waals surface area contributed by atoms with Gasteiger partial charge in [-0.3, -0.25) is 0 Å². The van der Waals surface area contributed by atoms with Crippen LogP contribution in [0.5, 0.6) is 0 Å². The zero-order chi connectivity index (χ0) is 13.0. The molecule has 0 spiro atoms. The summed E-state index contributed by atoms with van der Waals surface area (Å²) >= 11 is 0. The van der Waals surface area contributed by atoms with E-state index < -0.39 is 6.43 Å². The first-order chi connectivity index (χ1) is 8.66. The summed E-state index contributed by atoms with van der Waals surface area (Å²) in [5.41, 5.74) is 1.86. The van der Waals surface area contributed by atoms with Crippen LogP contribution in [0.25, 0.3) is 0 Å². The molecule has 1 N–H and O–H groups in total. The lowest BCUT2D eigenvalue weighted by Crippen LogP contribution is -2.44. The smallest absolute Gasteiger partial charge is 0.264 e. The molecule has 1 saturated heterocycles. The second-order valence-corrected chi connectivity index (χ2v) is 4.83. The molecule has 0 aliphatic carbocycles. The normalized spacial score (nSPS) is 17.3. The Balaban J connectivity index is 1.94. The lowest BCUT2D eigenvalue weighted by atomic mass is 10.0. The second kappa shape index (κ2) is 6.25. The lowest BCUT2D eigenvalue weighted by molar-refractivity contribution is 0.150. The van der Waals surface area contributed by atoms with Crippen molar-refractivity contribution in [1.29, 1.82) is 0 Å². The van der Waals surface area contributed by atoms with Gasteiger partial charge in [0.15, 0.2) is 0 Å². The topological polar surface area (TPSA) is 15.3 Å². The minimum Gasteiger partial charge on any atom is -0.314 e. The monoisotopic (exact) mass is 254 g/mol. The summed E-state index contributed by atoms with van der Waals surface area (Å²) < 4.78 is 25.6. The number of hydrogen-bond acceptors (Lipinski definition) is 2. The Labute approximate surface area is 107 Å². The van der Waals surface area contributed by atoms with Gasteiger partial charge in [-0.25, -0.2) is 8.78 Å². The molecule has 2 rings (SSSR count). The number of benzene rings is 1. The van der Waals surface area contributed by atoms with Crippen LogP contribution in [0.4, 0.5) is 8.78 Å². The van der Waals surface area contributed by atoms with Crippen LogP contribution in [0.3, 0.4) is 0 Å². The molecule has 0 amide bonds. The zero-order valence-electron chi connectivity index (χ0n) is 10.8. The first-order valence-electron chi connectivity index (χ1n) is 6.47. The van der Waals surface area contributed by atoms with Crippen molar-refractivity contribution in [3.63, 3.8) is 0 Å². The van der Waals surface area contributed by atoms with E-state index in [2.05, 4.69) is 10.2 Å². The molecule has 0 saturated carbocycles. The van der Waals surface area contributed by atoms with Gasteiger partial charge >= 0.3 is 0 Å². The zero-order valence-corrected chi connectivity index (χ0v) is 10.8. The third-order valence-electron chi connectivity index (χ3n) is 3.51. The summed E-state index contributed by atoms with van der Waals surface area (Å²) in [4.78, 5) is 2.37. The molecule has 1 aliphatic heterocycles. The van der Waals surface area contributed by atoms with Crippen molar-refractivity contribution in [3.8, 4) is 0 Å². The number of aryl methyl sites for hydroxylation is 1. The summed E-state index contributed by atoms with van der Waals surface area (Å²) in [6, 6.07) is 5.42. The largest absolute Gasteiger partial charge is 0.314 e. The van der Waals surface area contributed by atoms with Crippen LogP contribution in [0, 0.1) is 6.92 Å². The molecular weight excluding hydrogens is 234 g/mol. The van der Waals surface area contributed by atoms with Crippen molar-refractivity contribution < 1.29 is 8.78 Å².